The number of rotatable bonds is 6. The molecule has 9 nitrogen and oxygen atoms in total. The van der Waals surface area contributed by atoms with Gasteiger partial charge in [0.2, 0.25) is 5.95 Å². The van der Waals surface area contributed by atoms with E-state index in [4.69, 9.17) is 14.6 Å². The van der Waals surface area contributed by atoms with Crippen molar-refractivity contribution in [2.75, 3.05) is 50.7 Å². The van der Waals surface area contributed by atoms with Crippen molar-refractivity contribution in [1.82, 2.24) is 15.4 Å². The number of aryl methyl sites for hydroxylation is 3. The summed E-state index contributed by atoms with van der Waals surface area (Å²) in [5, 5.41) is 3.36. The second-order valence-electron chi connectivity index (χ2n) is 8.30. The number of anilines is 3. The van der Waals surface area contributed by atoms with Crippen LogP contribution in [0.3, 0.4) is 0 Å². The second kappa shape index (κ2) is 13.3. The predicted molar refractivity (Wildman–Crippen MR) is 143 cm³/mol. The largest absolute Gasteiger partial charge is 0.378 e. The zero-order valence-electron chi connectivity index (χ0n) is 21.5. The van der Waals surface area contributed by atoms with E-state index in [-0.39, 0.29) is 5.91 Å². The quantitative estimate of drug-likeness (QED) is 0.398. The Hall–Kier alpha value is -3.82. The zero-order valence-corrected chi connectivity index (χ0v) is 21.5. The maximum atomic E-state index is 12.1. The Balaban J connectivity index is 0.000000444. The van der Waals surface area contributed by atoms with Gasteiger partial charge in [-0.3, -0.25) is 14.6 Å². The molecule has 0 saturated carbocycles. The minimum atomic E-state index is -0.321. The minimum Gasteiger partial charge on any atom is -0.378 e. The molecule has 3 aromatic rings. The third kappa shape index (κ3) is 7.34. The molecule has 2 aromatic carbocycles. The number of amides is 1. The standard InChI is InChI=1S/C20H26N6O3.C7H8/c1-13-5-6-15(19(27)25-28-4)11-17(13)23-18-16(12-21-3)14(2)22-20(24-18)26-7-9-29-10-8-26;1-7-5-3-2-4-6-7/h5-6,11-12H,7-10H2,1-4H3,(H,25,27)(H,22,23,24);2-6H,1H3. The molecular formula is C27H34N6O3. The summed E-state index contributed by atoms with van der Waals surface area (Å²) in [6, 6.07) is 15.6. The van der Waals surface area contributed by atoms with Crippen LogP contribution in [0.2, 0.25) is 0 Å². The molecule has 1 amide bonds. The molecule has 9 heteroatoms. The minimum absolute atomic E-state index is 0.321. The molecule has 0 spiro atoms. The Morgan fingerprint density at radius 2 is 1.81 bits per heavy atom. The number of hydrogen-bond acceptors (Lipinski definition) is 8. The van der Waals surface area contributed by atoms with Gasteiger partial charge in [-0.05, 0) is 38.5 Å². The van der Waals surface area contributed by atoms with Gasteiger partial charge in [0.15, 0.2) is 0 Å². The normalized spacial score (nSPS) is 13.2. The molecule has 2 N–H and O–H groups in total. The molecule has 2 heterocycles. The molecular weight excluding hydrogens is 456 g/mol. The first-order chi connectivity index (χ1) is 17.4. The van der Waals surface area contributed by atoms with Gasteiger partial charge in [-0.15, -0.1) is 0 Å². The molecule has 1 fully saturated rings. The third-order valence-corrected chi connectivity index (χ3v) is 5.56. The van der Waals surface area contributed by atoms with Crippen molar-refractivity contribution in [2.45, 2.75) is 20.8 Å². The lowest BCUT2D eigenvalue weighted by atomic mass is 10.1. The van der Waals surface area contributed by atoms with Crippen LogP contribution in [0.5, 0.6) is 0 Å². The average Bonchev–Trinajstić information content (AvgIpc) is 2.88. The van der Waals surface area contributed by atoms with Crippen LogP contribution >= 0.6 is 0 Å². The maximum absolute atomic E-state index is 12.1. The highest BCUT2D eigenvalue weighted by Gasteiger charge is 2.18. The molecule has 1 aliphatic heterocycles. The molecule has 4 rings (SSSR count). The van der Waals surface area contributed by atoms with Gasteiger partial charge in [-0.25, -0.2) is 10.5 Å². The highest BCUT2D eigenvalue weighted by Crippen LogP contribution is 2.26. The second-order valence-corrected chi connectivity index (χ2v) is 8.30. The number of aromatic nitrogens is 2. The summed E-state index contributed by atoms with van der Waals surface area (Å²) < 4.78 is 5.43. The Morgan fingerprint density at radius 1 is 1.08 bits per heavy atom. The van der Waals surface area contributed by atoms with Gasteiger partial charge < -0.3 is 15.0 Å². The van der Waals surface area contributed by atoms with Crippen molar-refractivity contribution < 1.29 is 14.4 Å². The van der Waals surface area contributed by atoms with E-state index in [1.165, 1.54) is 12.7 Å². The van der Waals surface area contributed by atoms with E-state index in [0.29, 0.717) is 30.5 Å². The van der Waals surface area contributed by atoms with Crippen molar-refractivity contribution in [2.24, 2.45) is 4.99 Å². The van der Waals surface area contributed by atoms with Crippen molar-refractivity contribution in [3.63, 3.8) is 0 Å². The zero-order chi connectivity index (χ0) is 25.9. The van der Waals surface area contributed by atoms with E-state index in [0.717, 1.165) is 35.6 Å². The number of hydroxylamine groups is 1. The number of aliphatic imine (C=N–C) groups is 1. The fraction of sp³-hybridized carbons (Fsp3) is 0.333. The summed E-state index contributed by atoms with van der Waals surface area (Å²) in [5.41, 5.74) is 7.50. The summed E-state index contributed by atoms with van der Waals surface area (Å²) >= 11 is 0. The molecule has 1 saturated heterocycles. The number of benzene rings is 2. The average molecular weight is 491 g/mol. The van der Waals surface area contributed by atoms with Gasteiger partial charge >= 0.3 is 0 Å². The molecule has 190 valence electrons. The first kappa shape index (κ1) is 26.8. The lowest BCUT2D eigenvalue weighted by Gasteiger charge is -2.27. The Kier molecular flexibility index (Phi) is 9.91. The number of morpholine rings is 1. The summed E-state index contributed by atoms with van der Waals surface area (Å²) in [5.74, 6) is 0.961. The molecule has 1 aliphatic rings. The lowest BCUT2D eigenvalue weighted by Crippen LogP contribution is -2.37. The lowest BCUT2D eigenvalue weighted by molar-refractivity contribution is 0.0537. The fourth-order valence-corrected chi connectivity index (χ4v) is 3.56. The molecule has 36 heavy (non-hydrogen) atoms. The Morgan fingerprint density at radius 3 is 2.42 bits per heavy atom. The van der Waals surface area contributed by atoms with E-state index in [1.807, 2.05) is 38.1 Å². The van der Waals surface area contributed by atoms with Crippen LogP contribution in [0.25, 0.3) is 0 Å². The molecule has 0 radical (unpaired) electrons. The number of nitrogens with one attached hydrogen (secondary N) is 2. The van der Waals surface area contributed by atoms with Crippen molar-refractivity contribution in [1.29, 1.82) is 0 Å². The maximum Gasteiger partial charge on any atom is 0.274 e. The predicted octanol–water partition coefficient (Wildman–Crippen LogP) is 4.01. The Labute approximate surface area is 212 Å². The first-order valence-corrected chi connectivity index (χ1v) is 11.8. The van der Waals surface area contributed by atoms with Crippen LogP contribution in [-0.2, 0) is 9.57 Å². The van der Waals surface area contributed by atoms with Crippen molar-refractivity contribution in [3.8, 4) is 0 Å². The van der Waals surface area contributed by atoms with Crippen LogP contribution in [0.4, 0.5) is 17.5 Å². The molecule has 0 atom stereocenters. The van der Waals surface area contributed by atoms with E-state index in [1.54, 1.807) is 25.4 Å². The van der Waals surface area contributed by atoms with Gasteiger partial charge in [0, 0.05) is 37.6 Å². The molecule has 0 bridgehead atoms. The van der Waals surface area contributed by atoms with E-state index < -0.39 is 0 Å². The highest BCUT2D eigenvalue weighted by atomic mass is 16.6. The monoisotopic (exact) mass is 490 g/mol. The summed E-state index contributed by atoms with van der Waals surface area (Å²) in [6.45, 7) is 8.77. The van der Waals surface area contributed by atoms with Crippen LogP contribution in [0, 0.1) is 20.8 Å². The summed E-state index contributed by atoms with van der Waals surface area (Å²) in [4.78, 5) is 32.5. The Bertz CT molecular complexity index is 1180. The van der Waals surface area contributed by atoms with Crippen LogP contribution < -0.4 is 15.7 Å². The summed E-state index contributed by atoms with van der Waals surface area (Å²) in [6.07, 6.45) is 1.73. The number of carbonyl (C=O) groups is 1. The van der Waals surface area contributed by atoms with Gasteiger partial charge in [0.05, 0.1) is 31.6 Å². The topological polar surface area (TPSA) is 101 Å². The van der Waals surface area contributed by atoms with E-state index in [2.05, 4.69) is 44.7 Å². The highest BCUT2D eigenvalue weighted by molar-refractivity contribution is 5.95. The molecule has 1 aromatic heterocycles. The van der Waals surface area contributed by atoms with Gasteiger partial charge in [-0.1, -0.05) is 42.0 Å². The summed E-state index contributed by atoms with van der Waals surface area (Å²) in [7, 11) is 3.11. The first-order valence-electron chi connectivity index (χ1n) is 11.8. The van der Waals surface area contributed by atoms with Gasteiger partial charge in [0.1, 0.15) is 5.82 Å². The number of nitrogens with zero attached hydrogens (tertiary/aromatic N) is 4. The SMILES string of the molecule is CN=Cc1c(C)nc(N2CCOCC2)nc1Nc1cc(C(=O)NOC)ccc1C.Cc1ccccc1. The van der Waals surface area contributed by atoms with Crippen molar-refractivity contribution in [3.05, 3.63) is 76.5 Å². The van der Waals surface area contributed by atoms with Gasteiger partial charge in [0.25, 0.3) is 5.91 Å². The number of ether oxygens (including phenoxy) is 1. The van der Waals surface area contributed by atoms with Crippen LogP contribution in [-0.4, -0.2) is 62.6 Å². The number of hydrogen-bond donors (Lipinski definition) is 2. The van der Waals surface area contributed by atoms with Crippen LogP contribution in [0.1, 0.15) is 32.7 Å². The molecule has 0 unspecified atom stereocenters. The fourth-order valence-electron chi connectivity index (χ4n) is 3.56. The third-order valence-electron chi connectivity index (χ3n) is 5.56. The number of carbonyl (C=O) groups excluding carboxylic acids is 1. The van der Waals surface area contributed by atoms with Crippen LogP contribution in [0.15, 0.2) is 53.5 Å². The van der Waals surface area contributed by atoms with Gasteiger partial charge in [-0.2, -0.15) is 4.98 Å². The van der Waals surface area contributed by atoms with E-state index in [9.17, 15) is 4.79 Å². The van der Waals surface area contributed by atoms with Crippen molar-refractivity contribution >= 4 is 29.6 Å². The smallest absolute Gasteiger partial charge is 0.274 e. The van der Waals surface area contributed by atoms with E-state index >= 15 is 0 Å². The molecule has 0 aliphatic carbocycles.